The zero-order valence-corrected chi connectivity index (χ0v) is 16.8. The second-order valence-electron chi connectivity index (χ2n) is 6.42. The van der Waals surface area contributed by atoms with Crippen LogP contribution in [0.15, 0.2) is 63.4 Å². The van der Waals surface area contributed by atoms with Gasteiger partial charge in [-0.2, -0.15) is 8.78 Å². The molecule has 3 aromatic rings. The molecule has 0 aliphatic heterocycles. The van der Waals surface area contributed by atoms with E-state index >= 15 is 0 Å². The van der Waals surface area contributed by atoms with Crippen LogP contribution in [-0.2, 0) is 15.6 Å². The van der Waals surface area contributed by atoms with E-state index in [1.807, 2.05) is 19.9 Å². The van der Waals surface area contributed by atoms with Crippen molar-refractivity contribution in [1.82, 2.24) is 9.55 Å². The van der Waals surface area contributed by atoms with E-state index in [1.54, 1.807) is 22.8 Å². The van der Waals surface area contributed by atoms with Crippen molar-refractivity contribution in [3.05, 3.63) is 64.4 Å². The largest absolute Gasteiger partial charge is 0.341 e. The average molecular weight is 424 g/mol. The van der Waals surface area contributed by atoms with Crippen molar-refractivity contribution in [2.24, 2.45) is 0 Å². The van der Waals surface area contributed by atoms with Crippen molar-refractivity contribution < 1.29 is 17.2 Å². The molecule has 0 radical (unpaired) electrons. The fraction of sp³-hybridized carbons (Fsp3) is 0.263. The summed E-state index contributed by atoms with van der Waals surface area (Å²) in [7, 11) is -4.61. The molecule has 0 amide bonds. The lowest BCUT2D eigenvalue weighted by atomic mass is 10.2. The molecule has 5 nitrogen and oxygen atoms in total. The molecule has 0 aliphatic carbocycles. The molecule has 148 valence electrons. The van der Waals surface area contributed by atoms with Gasteiger partial charge in [-0.25, -0.2) is 13.4 Å². The number of sulfone groups is 1. The van der Waals surface area contributed by atoms with Crippen molar-refractivity contribution in [3.8, 4) is 0 Å². The van der Waals surface area contributed by atoms with Crippen LogP contribution in [0.4, 0.5) is 8.78 Å². The summed E-state index contributed by atoms with van der Waals surface area (Å²) in [6, 6.07) is 12.3. The Bertz CT molecular complexity index is 1160. The van der Waals surface area contributed by atoms with Gasteiger partial charge in [0.1, 0.15) is 0 Å². The van der Waals surface area contributed by atoms with E-state index in [9.17, 15) is 22.0 Å². The number of para-hydroxylation sites is 1. The van der Waals surface area contributed by atoms with Gasteiger partial charge in [-0.3, -0.25) is 9.36 Å². The number of halogens is 2. The van der Waals surface area contributed by atoms with Crippen LogP contribution in [0, 0.1) is 0 Å². The van der Waals surface area contributed by atoms with Crippen LogP contribution in [0.25, 0.3) is 10.9 Å². The molecule has 9 heteroatoms. The number of hydrogen-bond donors (Lipinski definition) is 0. The van der Waals surface area contributed by atoms with Gasteiger partial charge in [0.25, 0.3) is 5.56 Å². The van der Waals surface area contributed by atoms with Gasteiger partial charge in [-0.1, -0.05) is 36.0 Å². The fourth-order valence-electron chi connectivity index (χ4n) is 2.71. The van der Waals surface area contributed by atoms with Gasteiger partial charge in [0.15, 0.2) is 5.16 Å². The number of alkyl halides is 2. The molecule has 3 rings (SSSR count). The Kier molecular flexibility index (Phi) is 5.85. The van der Waals surface area contributed by atoms with Crippen LogP contribution in [0.2, 0.25) is 0 Å². The highest BCUT2D eigenvalue weighted by Crippen LogP contribution is 2.25. The van der Waals surface area contributed by atoms with E-state index in [2.05, 4.69) is 4.98 Å². The average Bonchev–Trinajstić information content (AvgIpc) is 2.66. The minimum atomic E-state index is -4.61. The Hall–Kier alpha value is -2.26. The van der Waals surface area contributed by atoms with Gasteiger partial charge in [0.05, 0.1) is 15.8 Å². The molecule has 0 spiro atoms. The fourth-order valence-corrected chi connectivity index (χ4v) is 4.51. The molecule has 0 unspecified atom stereocenters. The monoisotopic (exact) mass is 424 g/mol. The van der Waals surface area contributed by atoms with Gasteiger partial charge in [-0.15, -0.1) is 0 Å². The highest BCUT2D eigenvalue weighted by molar-refractivity contribution is 7.98. The number of thioether (sulfide) groups is 1. The van der Waals surface area contributed by atoms with Crippen LogP contribution in [0.5, 0.6) is 0 Å². The minimum Gasteiger partial charge on any atom is -0.285 e. The lowest BCUT2D eigenvalue weighted by Gasteiger charge is -2.16. The quantitative estimate of drug-likeness (QED) is 0.437. The van der Waals surface area contributed by atoms with Crippen molar-refractivity contribution in [1.29, 1.82) is 0 Å². The summed E-state index contributed by atoms with van der Waals surface area (Å²) in [5.41, 5.74) is 1.21. The second-order valence-corrected chi connectivity index (χ2v) is 9.28. The zero-order valence-electron chi connectivity index (χ0n) is 15.2. The first-order valence-electron chi connectivity index (χ1n) is 8.47. The highest BCUT2D eigenvalue weighted by atomic mass is 32.2. The third-order valence-corrected chi connectivity index (χ3v) is 6.57. The lowest BCUT2D eigenvalue weighted by molar-refractivity contribution is 0.234. The van der Waals surface area contributed by atoms with E-state index in [0.717, 1.165) is 5.56 Å². The zero-order chi connectivity index (χ0) is 20.5. The number of nitrogens with zero attached hydrogens (tertiary/aromatic N) is 2. The Morgan fingerprint density at radius 2 is 1.71 bits per heavy atom. The molecule has 0 bridgehead atoms. The first-order valence-corrected chi connectivity index (χ1v) is 11.0. The second kappa shape index (κ2) is 8.00. The van der Waals surface area contributed by atoms with Crippen molar-refractivity contribution in [3.63, 3.8) is 0 Å². The highest BCUT2D eigenvalue weighted by Gasteiger charge is 2.26. The molecular weight excluding hydrogens is 406 g/mol. The molecule has 0 fully saturated rings. The molecule has 1 heterocycles. The maximum atomic E-state index is 12.8. The first-order chi connectivity index (χ1) is 13.2. The molecule has 0 atom stereocenters. The summed E-state index contributed by atoms with van der Waals surface area (Å²) in [5.74, 6) is -3.04. The Morgan fingerprint density at radius 1 is 1.07 bits per heavy atom. The molecule has 28 heavy (non-hydrogen) atoms. The van der Waals surface area contributed by atoms with Gasteiger partial charge in [0.2, 0.25) is 9.84 Å². The smallest absolute Gasteiger partial charge is 0.285 e. The van der Waals surface area contributed by atoms with E-state index < -0.39 is 20.5 Å². The van der Waals surface area contributed by atoms with Gasteiger partial charge in [0, 0.05) is 11.8 Å². The van der Waals surface area contributed by atoms with Crippen LogP contribution in [0.3, 0.4) is 0 Å². The summed E-state index contributed by atoms with van der Waals surface area (Å²) in [6.07, 6.45) is 0. The summed E-state index contributed by atoms with van der Waals surface area (Å²) in [5, 5.41) is 1.09. The van der Waals surface area contributed by atoms with Crippen LogP contribution in [-0.4, -0.2) is 23.7 Å². The van der Waals surface area contributed by atoms with Crippen LogP contribution in [0.1, 0.15) is 25.5 Å². The third-order valence-electron chi connectivity index (χ3n) is 4.15. The SMILES string of the molecule is CC(C)n1c(SCc2ccc(S(=O)(=O)C(F)F)cc2)nc2ccccc2c1=O. The lowest BCUT2D eigenvalue weighted by Crippen LogP contribution is -2.25. The van der Waals surface area contributed by atoms with E-state index in [4.69, 9.17) is 0 Å². The normalized spacial score (nSPS) is 12.2. The summed E-state index contributed by atoms with van der Waals surface area (Å²) >= 11 is 1.33. The molecule has 0 saturated carbocycles. The van der Waals surface area contributed by atoms with Gasteiger partial charge in [-0.05, 0) is 43.7 Å². The van der Waals surface area contributed by atoms with Gasteiger partial charge >= 0.3 is 5.76 Å². The number of fused-ring (bicyclic) bond motifs is 1. The molecule has 1 aromatic heterocycles. The molecular formula is C19H18F2N2O3S2. The standard InChI is InChI=1S/C19H18F2N2O3S2/c1-12(2)23-17(24)15-5-3-4-6-16(15)22-19(23)27-11-13-7-9-14(10-8-13)28(25,26)18(20)21/h3-10,12,18H,11H2,1-2H3. The van der Waals surface area contributed by atoms with Gasteiger partial charge < -0.3 is 0 Å². The maximum absolute atomic E-state index is 12.8. The number of aromatic nitrogens is 2. The summed E-state index contributed by atoms with van der Waals surface area (Å²) in [4.78, 5) is 17.0. The predicted molar refractivity (Wildman–Crippen MR) is 106 cm³/mol. The number of rotatable bonds is 6. The third kappa shape index (κ3) is 3.95. The van der Waals surface area contributed by atoms with Crippen molar-refractivity contribution in [2.45, 2.75) is 41.5 Å². The number of hydrogen-bond acceptors (Lipinski definition) is 5. The Balaban J connectivity index is 1.90. The Morgan fingerprint density at radius 3 is 2.32 bits per heavy atom. The maximum Gasteiger partial charge on any atom is 0.341 e. The van der Waals surface area contributed by atoms with Crippen molar-refractivity contribution >= 4 is 32.5 Å². The molecule has 0 aliphatic rings. The van der Waals surface area contributed by atoms with E-state index in [-0.39, 0.29) is 11.6 Å². The summed E-state index contributed by atoms with van der Waals surface area (Å²) in [6.45, 7) is 3.79. The molecule has 0 N–H and O–H groups in total. The van der Waals surface area contributed by atoms with E-state index in [0.29, 0.717) is 21.8 Å². The topological polar surface area (TPSA) is 69.0 Å². The van der Waals surface area contributed by atoms with Crippen LogP contribution >= 0.6 is 11.8 Å². The Labute approximate surface area is 165 Å². The predicted octanol–water partition coefficient (Wildman–Crippen LogP) is 4.27. The minimum absolute atomic E-state index is 0.0920. The first kappa shape index (κ1) is 20.5. The molecule has 0 saturated heterocycles. The van der Waals surface area contributed by atoms with Crippen molar-refractivity contribution in [2.75, 3.05) is 0 Å². The van der Waals surface area contributed by atoms with Crippen LogP contribution < -0.4 is 5.56 Å². The number of benzene rings is 2. The van der Waals surface area contributed by atoms with E-state index in [1.165, 1.54) is 36.0 Å². The molecule has 2 aromatic carbocycles. The summed E-state index contributed by atoms with van der Waals surface area (Å²) < 4.78 is 49.9.